The number of alkyl halides is 2. The molecule has 1 nitrogen and oxygen atoms in total. The molecule has 0 radical (unpaired) electrons. The van der Waals surface area contributed by atoms with Crippen molar-refractivity contribution in [1.82, 2.24) is 0 Å². The van der Waals surface area contributed by atoms with Crippen LogP contribution in [-0.4, -0.2) is 0 Å². The van der Waals surface area contributed by atoms with Crippen LogP contribution in [-0.2, 0) is 6.42 Å². The first-order valence-electron chi connectivity index (χ1n) is 10.0. The van der Waals surface area contributed by atoms with Crippen LogP contribution in [0.2, 0.25) is 0 Å². The second-order valence-electron chi connectivity index (χ2n) is 7.15. The van der Waals surface area contributed by atoms with Crippen LogP contribution in [0.5, 0.6) is 0 Å². The van der Waals surface area contributed by atoms with Crippen molar-refractivity contribution < 1.29 is 0 Å². The van der Waals surface area contributed by atoms with Gasteiger partial charge in [-0.3, -0.25) is 0 Å². The lowest BCUT2D eigenvalue weighted by Gasteiger charge is -2.18. The first kappa shape index (κ1) is 22.2. The van der Waals surface area contributed by atoms with E-state index < -0.39 is 0 Å². The van der Waals surface area contributed by atoms with Crippen molar-refractivity contribution in [3.63, 3.8) is 0 Å². The summed E-state index contributed by atoms with van der Waals surface area (Å²) in [6.45, 7) is 2.27. The predicted molar refractivity (Wildman–Crippen MR) is 123 cm³/mol. The fourth-order valence-corrected chi connectivity index (χ4v) is 4.45. The zero-order valence-corrected chi connectivity index (χ0v) is 19.3. The third-order valence-corrected chi connectivity index (χ3v) is 7.81. The van der Waals surface area contributed by atoms with Crippen molar-refractivity contribution in [2.75, 3.05) is 0 Å². The molecule has 0 saturated heterocycles. The maximum Gasteiger partial charge on any atom is 0.0991 e. The molecule has 0 aliphatic carbocycles. The Morgan fingerprint density at radius 1 is 0.741 bits per heavy atom. The molecule has 0 N–H and O–H groups in total. The van der Waals surface area contributed by atoms with Crippen LogP contribution in [0.1, 0.15) is 83.8 Å². The Bertz CT molecular complexity index is 701. The molecule has 0 aliphatic heterocycles. The van der Waals surface area contributed by atoms with Crippen molar-refractivity contribution >= 4 is 31.9 Å². The van der Waals surface area contributed by atoms with Crippen molar-refractivity contribution in [1.29, 1.82) is 5.26 Å². The molecule has 0 amide bonds. The molecule has 0 aromatic heterocycles. The van der Waals surface area contributed by atoms with E-state index in [0.29, 0.717) is 5.56 Å². The highest BCUT2D eigenvalue weighted by Crippen LogP contribution is 2.42. The number of aryl methyl sites for hydroxylation is 1. The molecular formula is C24H29Br2N. The molecule has 2 aromatic carbocycles. The summed E-state index contributed by atoms with van der Waals surface area (Å²) in [5, 5.41) is 8.94. The number of nitrogens with zero attached hydrogens (tertiary/aromatic N) is 1. The smallest absolute Gasteiger partial charge is 0.0991 e. The lowest BCUT2D eigenvalue weighted by molar-refractivity contribution is 0.589. The van der Waals surface area contributed by atoms with Gasteiger partial charge in [0.25, 0.3) is 0 Å². The molecule has 2 rings (SSSR count). The predicted octanol–water partition coefficient (Wildman–Crippen LogP) is 8.42. The van der Waals surface area contributed by atoms with E-state index in [1.54, 1.807) is 0 Å². The molecule has 3 heteroatoms. The number of halogens is 2. The van der Waals surface area contributed by atoms with Crippen LogP contribution in [0.3, 0.4) is 0 Å². The number of nitriles is 1. The van der Waals surface area contributed by atoms with Crippen LogP contribution < -0.4 is 0 Å². The Kier molecular flexibility index (Phi) is 10.2. The van der Waals surface area contributed by atoms with E-state index >= 15 is 0 Å². The minimum Gasteiger partial charge on any atom is -0.192 e. The monoisotopic (exact) mass is 489 g/mol. The second kappa shape index (κ2) is 12.4. The molecule has 0 spiro atoms. The SMILES string of the molecule is CCCCCCCCCc1ccc(C(Br)C(Br)c2ccc(C#N)cc2)cc1. The van der Waals surface area contributed by atoms with Gasteiger partial charge in [0.15, 0.2) is 0 Å². The maximum absolute atomic E-state index is 8.94. The second-order valence-corrected chi connectivity index (χ2v) is 9.12. The van der Waals surface area contributed by atoms with E-state index in [4.69, 9.17) is 5.26 Å². The standard InChI is InChI=1S/C24H29Br2N/c1-2-3-4-5-6-7-8-9-19-10-14-21(15-11-19)23(25)24(26)22-16-12-20(18-27)13-17-22/h10-17,23-24H,2-9H2,1H3. The van der Waals surface area contributed by atoms with Gasteiger partial charge in [0.05, 0.1) is 21.3 Å². The van der Waals surface area contributed by atoms with Crippen molar-refractivity contribution in [2.45, 2.75) is 67.9 Å². The Hall–Kier alpha value is -1.11. The molecule has 2 aromatic rings. The molecule has 27 heavy (non-hydrogen) atoms. The Morgan fingerprint density at radius 3 is 1.74 bits per heavy atom. The van der Waals surface area contributed by atoms with E-state index in [-0.39, 0.29) is 9.65 Å². The fourth-order valence-electron chi connectivity index (χ4n) is 3.23. The van der Waals surface area contributed by atoms with Gasteiger partial charge in [-0.25, -0.2) is 0 Å². The maximum atomic E-state index is 8.94. The van der Waals surface area contributed by atoms with E-state index in [0.717, 1.165) is 0 Å². The van der Waals surface area contributed by atoms with Gasteiger partial charge in [-0.2, -0.15) is 5.26 Å². The molecule has 2 unspecified atom stereocenters. The number of hydrogen-bond acceptors (Lipinski definition) is 1. The van der Waals surface area contributed by atoms with E-state index in [9.17, 15) is 0 Å². The number of rotatable bonds is 11. The molecular weight excluding hydrogens is 462 g/mol. The molecule has 0 bridgehead atoms. The topological polar surface area (TPSA) is 23.8 Å². The van der Waals surface area contributed by atoms with Crippen LogP contribution in [0.4, 0.5) is 0 Å². The zero-order chi connectivity index (χ0) is 19.5. The third kappa shape index (κ3) is 7.43. The lowest BCUT2D eigenvalue weighted by Crippen LogP contribution is -2.00. The highest BCUT2D eigenvalue weighted by molar-refractivity contribution is 9.12. The molecule has 144 valence electrons. The Labute approximate surface area is 181 Å². The molecule has 0 fully saturated rings. The van der Waals surface area contributed by atoms with Crippen molar-refractivity contribution in [2.24, 2.45) is 0 Å². The Balaban J connectivity index is 1.81. The Morgan fingerprint density at radius 2 is 1.22 bits per heavy atom. The quantitative estimate of drug-likeness (QED) is 0.229. The van der Waals surface area contributed by atoms with Crippen LogP contribution in [0, 0.1) is 11.3 Å². The summed E-state index contributed by atoms with van der Waals surface area (Å²) in [5.41, 5.74) is 4.56. The summed E-state index contributed by atoms with van der Waals surface area (Å²) in [6, 6.07) is 18.9. The van der Waals surface area contributed by atoms with E-state index in [1.165, 1.54) is 68.1 Å². The third-order valence-electron chi connectivity index (χ3n) is 4.98. The summed E-state index contributed by atoms with van der Waals surface area (Å²) in [6.07, 6.45) is 10.7. The van der Waals surface area contributed by atoms with Gasteiger partial charge < -0.3 is 0 Å². The van der Waals surface area contributed by atoms with Gasteiger partial charge in [-0.1, -0.05) is 114 Å². The summed E-state index contributed by atoms with van der Waals surface area (Å²) >= 11 is 7.63. The fraction of sp³-hybridized carbons (Fsp3) is 0.458. The van der Waals surface area contributed by atoms with Crippen LogP contribution in [0.15, 0.2) is 48.5 Å². The molecule has 2 atom stereocenters. The van der Waals surface area contributed by atoms with E-state index in [2.05, 4.69) is 69.1 Å². The van der Waals surface area contributed by atoms with Crippen molar-refractivity contribution in [3.05, 3.63) is 70.8 Å². The van der Waals surface area contributed by atoms with Gasteiger partial charge >= 0.3 is 0 Å². The summed E-state index contributed by atoms with van der Waals surface area (Å²) < 4.78 is 0. The van der Waals surface area contributed by atoms with Gasteiger partial charge in [-0.05, 0) is 41.7 Å². The number of benzene rings is 2. The van der Waals surface area contributed by atoms with Crippen LogP contribution in [0.25, 0.3) is 0 Å². The van der Waals surface area contributed by atoms with Crippen molar-refractivity contribution in [3.8, 4) is 6.07 Å². The molecule has 0 aliphatic rings. The van der Waals surface area contributed by atoms with Gasteiger partial charge in [0, 0.05) is 0 Å². The largest absolute Gasteiger partial charge is 0.192 e. The highest BCUT2D eigenvalue weighted by Gasteiger charge is 2.19. The average molecular weight is 491 g/mol. The van der Waals surface area contributed by atoms with Gasteiger partial charge in [-0.15, -0.1) is 0 Å². The zero-order valence-electron chi connectivity index (χ0n) is 16.1. The number of hydrogen-bond donors (Lipinski definition) is 0. The lowest BCUT2D eigenvalue weighted by atomic mass is 10.00. The average Bonchev–Trinajstić information content (AvgIpc) is 2.72. The summed E-state index contributed by atoms with van der Waals surface area (Å²) in [7, 11) is 0. The highest BCUT2D eigenvalue weighted by atomic mass is 79.9. The minimum absolute atomic E-state index is 0.166. The first-order chi connectivity index (χ1) is 13.2. The van der Waals surface area contributed by atoms with Gasteiger partial charge in [0.1, 0.15) is 0 Å². The summed E-state index contributed by atoms with van der Waals surface area (Å²) in [5.74, 6) is 0. The minimum atomic E-state index is 0.166. The van der Waals surface area contributed by atoms with Gasteiger partial charge in [0.2, 0.25) is 0 Å². The summed E-state index contributed by atoms with van der Waals surface area (Å²) in [4.78, 5) is 0.359. The molecule has 0 saturated carbocycles. The van der Waals surface area contributed by atoms with E-state index in [1.807, 2.05) is 24.3 Å². The first-order valence-corrected chi connectivity index (χ1v) is 11.9. The molecule has 0 heterocycles. The van der Waals surface area contributed by atoms with Crippen LogP contribution >= 0.6 is 31.9 Å². The number of unbranched alkanes of at least 4 members (excludes halogenated alkanes) is 6. The normalized spacial score (nSPS) is 13.1.